The molecular formula is C17H19NO5S2. The highest BCUT2D eigenvalue weighted by molar-refractivity contribution is 7.98. The van der Waals surface area contributed by atoms with E-state index >= 15 is 0 Å². The number of nitrogens with one attached hydrogen (secondary N) is 1. The molecule has 0 bridgehead atoms. The number of hydrogen-bond acceptors (Lipinski definition) is 5. The summed E-state index contributed by atoms with van der Waals surface area (Å²) in [5.41, 5.74) is 1.05. The number of methoxy groups -OCH3 is 1. The van der Waals surface area contributed by atoms with E-state index in [4.69, 9.17) is 4.74 Å². The van der Waals surface area contributed by atoms with Crippen LogP contribution in [0.15, 0.2) is 59.5 Å². The molecule has 0 aliphatic carbocycles. The maximum absolute atomic E-state index is 12.4. The second-order valence-corrected chi connectivity index (χ2v) is 7.93. The third-order valence-electron chi connectivity index (χ3n) is 3.36. The van der Waals surface area contributed by atoms with Gasteiger partial charge in [-0.1, -0.05) is 30.3 Å². The lowest BCUT2D eigenvalue weighted by Crippen LogP contribution is -2.42. The number of benzene rings is 2. The standard InChI is InChI=1S/C17H19NO5S2/c1-23-14-7-9-15(10-8-14)25(21,22)18-16(17(19)20)12-24-11-13-5-3-2-4-6-13/h2-10,16,18H,11-12H2,1H3,(H,19,20)/t16-/m0/s1. The van der Waals surface area contributed by atoms with Crippen LogP contribution in [0.3, 0.4) is 0 Å². The summed E-state index contributed by atoms with van der Waals surface area (Å²) >= 11 is 1.36. The van der Waals surface area contributed by atoms with Crippen LogP contribution in [0.25, 0.3) is 0 Å². The Hall–Kier alpha value is -2.03. The fourth-order valence-corrected chi connectivity index (χ4v) is 4.34. The molecule has 0 aliphatic heterocycles. The molecule has 1 atom stereocenters. The molecule has 6 nitrogen and oxygen atoms in total. The molecule has 0 amide bonds. The van der Waals surface area contributed by atoms with Gasteiger partial charge in [0, 0.05) is 11.5 Å². The van der Waals surface area contributed by atoms with Crippen LogP contribution >= 0.6 is 11.8 Å². The number of sulfonamides is 1. The summed E-state index contributed by atoms with van der Waals surface area (Å²) < 4.78 is 31.9. The molecule has 0 aromatic heterocycles. The van der Waals surface area contributed by atoms with E-state index in [1.54, 1.807) is 0 Å². The smallest absolute Gasteiger partial charge is 0.322 e. The quantitative estimate of drug-likeness (QED) is 0.693. The molecule has 0 aliphatic rings. The number of thioether (sulfide) groups is 1. The predicted molar refractivity (Wildman–Crippen MR) is 97.3 cm³/mol. The zero-order chi connectivity index (χ0) is 18.3. The largest absolute Gasteiger partial charge is 0.497 e. The van der Waals surface area contributed by atoms with Crippen LogP contribution in [0.4, 0.5) is 0 Å². The number of carboxylic acids is 1. The van der Waals surface area contributed by atoms with E-state index in [9.17, 15) is 18.3 Å². The molecule has 2 N–H and O–H groups in total. The van der Waals surface area contributed by atoms with Gasteiger partial charge in [0.05, 0.1) is 12.0 Å². The van der Waals surface area contributed by atoms with Gasteiger partial charge in [-0.15, -0.1) is 0 Å². The molecule has 0 heterocycles. The molecule has 25 heavy (non-hydrogen) atoms. The van der Waals surface area contributed by atoms with Gasteiger partial charge in [0.1, 0.15) is 11.8 Å². The molecule has 2 aromatic carbocycles. The second kappa shape index (κ2) is 8.89. The van der Waals surface area contributed by atoms with Crippen LogP contribution in [0.1, 0.15) is 5.56 Å². The first kappa shape index (κ1) is 19.3. The van der Waals surface area contributed by atoms with Crippen molar-refractivity contribution in [3.63, 3.8) is 0 Å². The average molecular weight is 381 g/mol. The van der Waals surface area contributed by atoms with E-state index in [2.05, 4.69) is 4.72 Å². The zero-order valence-electron chi connectivity index (χ0n) is 13.6. The first-order chi connectivity index (χ1) is 11.9. The zero-order valence-corrected chi connectivity index (χ0v) is 15.2. The molecule has 0 saturated heterocycles. The Morgan fingerprint density at radius 3 is 2.36 bits per heavy atom. The van der Waals surface area contributed by atoms with E-state index in [0.29, 0.717) is 11.5 Å². The average Bonchev–Trinajstić information content (AvgIpc) is 2.61. The maximum Gasteiger partial charge on any atom is 0.322 e. The monoisotopic (exact) mass is 381 g/mol. The summed E-state index contributed by atoms with van der Waals surface area (Å²) in [6.45, 7) is 0. The van der Waals surface area contributed by atoms with Crippen LogP contribution in [0.2, 0.25) is 0 Å². The normalized spacial score (nSPS) is 12.5. The second-order valence-electron chi connectivity index (χ2n) is 5.19. The summed E-state index contributed by atoms with van der Waals surface area (Å²) in [6, 6.07) is 14.1. The first-order valence-corrected chi connectivity index (χ1v) is 10.1. The minimum atomic E-state index is -3.92. The maximum atomic E-state index is 12.4. The fraction of sp³-hybridized carbons (Fsp3) is 0.235. The van der Waals surface area contributed by atoms with Crippen molar-refractivity contribution in [3.05, 3.63) is 60.2 Å². The van der Waals surface area contributed by atoms with Crippen LogP contribution in [-0.2, 0) is 20.6 Å². The lowest BCUT2D eigenvalue weighted by atomic mass is 10.2. The Morgan fingerprint density at radius 1 is 1.16 bits per heavy atom. The van der Waals surface area contributed by atoms with Crippen molar-refractivity contribution in [3.8, 4) is 5.75 Å². The van der Waals surface area contributed by atoms with Gasteiger partial charge in [0.15, 0.2) is 0 Å². The minimum Gasteiger partial charge on any atom is -0.497 e. The van der Waals surface area contributed by atoms with Crippen molar-refractivity contribution >= 4 is 27.8 Å². The molecule has 0 saturated carbocycles. The number of rotatable bonds is 9. The Balaban J connectivity index is 2.00. The molecule has 0 radical (unpaired) electrons. The van der Waals surface area contributed by atoms with Gasteiger partial charge >= 0.3 is 5.97 Å². The molecule has 134 valence electrons. The highest BCUT2D eigenvalue weighted by atomic mass is 32.2. The number of carboxylic acid groups (broad SMARTS) is 1. The van der Waals surface area contributed by atoms with Crippen LogP contribution < -0.4 is 9.46 Å². The van der Waals surface area contributed by atoms with E-state index in [0.717, 1.165) is 5.56 Å². The van der Waals surface area contributed by atoms with Crippen molar-refractivity contribution in [2.24, 2.45) is 0 Å². The minimum absolute atomic E-state index is 0.00684. The predicted octanol–water partition coefficient (Wildman–Crippen LogP) is 2.36. The van der Waals surface area contributed by atoms with Crippen molar-refractivity contribution in [2.45, 2.75) is 16.7 Å². The van der Waals surface area contributed by atoms with Gasteiger partial charge in [-0.3, -0.25) is 4.79 Å². The van der Waals surface area contributed by atoms with Crippen LogP contribution in [-0.4, -0.2) is 38.4 Å². The van der Waals surface area contributed by atoms with E-state index < -0.39 is 22.0 Å². The lowest BCUT2D eigenvalue weighted by molar-refractivity contribution is -0.138. The van der Waals surface area contributed by atoms with Gasteiger partial charge in [-0.05, 0) is 29.8 Å². The Kier molecular flexibility index (Phi) is 6.86. The van der Waals surface area contributed by atoms with E-state index in [1.807, 2.05) is 30.3 Å². The summed E-state index contributed by atoms with van der Waals surface area (Å²) in [7, 11) is -2.45. The number of hydrogen-bond donors (Lipinski definition) is 2. The first-order valence-electron chi connectivity index (χ1n) is 7.43. The number of carbonyl (C=O) groups is 1. The van der Waals surface area contributed by atoms with Crippen molar-refractivity contribution in [2.75, 3.05) is 12.9 Å². The molecule has 2 rings (SSSR count). The summed E-state index contributed by atoms with van der Waals surface area (Å²) in [5, 5.41) is 9.30. The lowest BCUT2D eigenvalue weighted by Gasteiger charge is -2.15. The van der Waals surface area contributed by atoms with Gasteiger partial charge in [-0.2, -0.15) is 16.5 Å². The van der Waals surface area contributed by atoms with Crippen molar-refractivity contribution in [1.29, 1.82) is 0 Å². The van der Waals surface area contributed by atoms with Crippen molar-refractivity contribution in [1.82, 2.24) is 4.72 Å². The van der Waals surface area contributed by atoms with Gasteiger partial charge < -0.3 is 9.84 Å². The van der Waals surface area contributed by atoms with Crippen LogP contribution in [0.5, 0.6) is 5.75 Å². The van der Waals surface area contributed by atoms with Gasteiger partial charge in [0.2, 0.25) is 10.0 Å². The third-order valence-corrected chi connectivity index (χ3v) is 5.96. The SMILES string of the molecule is COc1ccc(S(=O)(=O)N[C@@H](CSCc2ccccc2)C(=O)O)cc1. The summed E-state index contributed by atoms with van der Waals surface area (Å²) in [5.74, 6) is 0.0407. The Labute approximate surface area is 151 Å². The Morgan fingerprint density at radius 2 is 1.80 bits per heavy atom. The van der Waals surface area contributed by atoms with E-state index in [-0.39, 0.29) is 10.6 Å². The van der Waals surface area contributed by atoms with E-state index in [1.165, 1.54) is 43.1 Å². The summed E-state index contributed by atoms with van der Waals surface area (Å²) in [6.07, 6.45) is 0. The molecular weight excluding hydrogens is 362 g/mol. The highest BCUT2D eigenvalue weighted by Crippen LogP contribution is 2.17. The molecule has 0 spiro atoms. The van der Waals surface area contributed by atoms with Gasteiger partial charge in [-0.25, -0.2) is 8.42 Å². The number of ether oxygens (including phenoxy) is 1. The summed E-state index contributed by atoms with van der Waals surface area (Å²) in [4.78, 5) is 11.4. The number of aliphatic carboxylic acids is 1. The molecule has 0 fully saturated rings. The highest BCUT2D eigenvalue weighted by Gasteiger charge is 2.25. The van der Waals surface area contributed by atoms with Crippen molar-refractivity contribution < 1.29 is 23.1 Å². The third kappa shape index (κ3) is 5.77. The van der Waals surface area contributed by atoms with Crippen LogP contribution in [0, 0.1) is 0 Å². The topological polar surface area (TPSA) is 92.7 Å². The van der Waals surface area contributed by atoms with Gasteiger partial charge in [0.25, 0.3) is 0 Å². The Bertz CT molecular complexity index is 792. The molecule has 8 heteroatoms. The fourth-order valence-electron chi connectivity index (χ4n) is 2.03. The molecule has 2 aromatic rings. The molecule has 0 unspecified atom stereocenters.